The zero-order chi connectivity index (χ0) is 14.7. The Morgan fingerprint density at radius 1 is 1.40 bits per heavy atom. The highest BCUT2D eigenvalue weighted by atomic mass is 16.4. The lowest BCUT2D eigenvalue weighted by Gasteiger charge is -2.17. The second-order valence-electron chi connectivity index (χ2n) is 5.10. The molecule has 0 radical (unpaired) electrons. The monoisotopic (exact) mass is 277 g/mol. The van der Waals surface area contributed by atoms with E-state index in [1.54, 1.807) is 36.1 Å². The summed E-state index contributed by atoms with van der Waals surface area (Å²) in [6.45, 7) is 3.00. The van der Waals surface area contributed by atoms with Gasteiger partial charge in [-0.15, -0.1) is 0 Å². The molecule has 1 aliphatic heterocycles. The predicted octanol–water partition coefficient (Wildman–Crippen LogP) is 0.624. The van der Waals surface area contributed by atoms with Crippen LogP contribution in [0.1, 0.15) is 29.3 Å². The van der Waals surface area contributed by atoms with Gasteiger partial charge < -0.3 is 20.9 Å². The minimum absolute atomic E-state index is 0.0133. The molecule has 6 nitrogen and oxygen atoms in total. The van der Waals surface area contributed by atoms with Crippen LogP contribution in [0.3, 0.4) is 0 Å². The Labute approximate surface area is 117 Å². The van der Waals surface area contributed by atoms with E-state index in [0.717, 1.165) is 6.42 Å². The van der Waals surface area contributed by atoms with Crippen molar-refractivity contribution in [1.29, 1.82) is 0 Å². The molecule has 1 aromatic rings. The second kappa shape index (κ2) is 5.92. The number of likely N-dealkylation sites (tertiary alicyclic amines) is 1. The summed E-state index contributed by atoms with van der Waals surface area (Å²) in [4.78, 5) is 14.0. The van der Waals surface area contributed by atoms with Crippen molar-refractivity contribution in [2.45, 2.75) is 19.4 Å². The van der Waals surface area contributed by atoms with Gasteiger partial charge in [0.2, 0.25) is 0 Å². The molecule has 20 heavy (non-hydrogen) atoms. The normalized spacial score (nSPS) is 21.0. The largest absolute Gasteiger partial charge is 0.409 e. The standard InChI is InChI=1S/C14H19N3O3/c1-9(18)12-6-7-17(8-12)14(19)11-4-2-10(3-5-11)13(15)16-20/h2-5,9,12,18,20H,6-8H2,1H3,(H2,15,16). The number of carbonyl (C=O) groups is 1. The average molecular weight is 277 g/mol. The molecule has 1 heterocycles. The molecule has 1 fully saturated rings. The zero-order valence-electron chi connectivity index (χ0n) is 11.4. The van der Waals surface area contributed by atoms with Gasteiger partial charge in [-0.1, -0.05) is 17.3 Å². The molecule has 1 aliphatic rings. The van der Waals surface area contributed by atoms with E-state index in [2.05, 4.69) is 5.16 Å². The molecule has 108 valence electrons. The average Bonchev–Trinajstić information content (AvgIpc) is 2.96. The van der Waals surface area contributed by atoms with Crippen LogP contribution in [0.5, 0.6) is 0 Å². The first-order valence-corrected chi connectivity index (χ1v) is 6.58. The number of hydrogen-bond donors (Lipinski definition) is 3. The molecule has 4 N–H and O–H groups in total. The number of hydrogen-bond acceptors (Lipinski definition) is 4. The van der Waals surface area contributed by atoms with Gasteiger partial charge >= 0.3 is 0 Å². The van der Waals surface area contributed by atoms with Gasteiger partial charge in [-0.25, -0.2) is 0 Å². The Hall–Kier alpha value is -2.08. The van der Waals surface area contributed by atoms with Gasteiger partial charge in [-0.3, -0.25) is 4.79 Å². The number of aliphatic hydroxyl groups is 1. The first-order valence-electron chi connectivity index (χ1n) is 6.58. The van der Waals surface area contributed by atoms with E-state index in [0.29, 0.717) is 24.2 Å². The van der Waals surface area contributed by atoms with E-state index in [1.807, 2.05) is 0 Å². The molecular weight excluding hydrogens is 258 g/mol. The lowest BCUT2D eigenvalue weighted by Crippen LogP contribution is -2.30. The molecular formula is C14H19N3O3. The van der Waals surface area contributed by atoms with Crippen LogP contribution in [0.15, 0.2) is 29.4 Å². The van der Waals surface area contributed by atoms with E-state index in [4.69, 9.17) is 10.9 Å². The molecule has 0 saturated carbocycles. The summed E-state index contributed by atoms with van der Waals surface area (Å²) in [6, 6.07) is 6.60. The van der Waals surface area contributed by atoms with E-state index >= 15 is 0 Å². The fourth-order valence-corrected chi connectivity index (χ4v) is 2.39. The molecule has 0 aliphatic carbocycles. The van der Waals surface area contributed by atoms with Crippen molar-refractivity contribution >= 4 is 11.7 Å². The van der Waals surface area contributed by atoms with E-state index in [-0.39, 0.29) is 17.7 Å². The quantitative estimate of drug-likeness (QED) is 0.326. The van der Waals surface area contributed by atoms with Gasteiger partial charge in [-0.05, 0) is 25.5 Å². The highest BCUT2D eigenvalue weighted by molar-refractivity contribution is 5.99. The molecule has 1 aromatic carbocycles. The van der Waals surface area contributed by atoms with Crippen LogP contribution in [0.4, 0.5) is 0 Å². The number of rotatable bonds is 3. The van der Waals surface area contributed by atoms with Gasteiger partial charge in [0.1, 0.15) is 0 Å². The van der Waals surface area contributed by atoms with Crippen molar-refractivity contribution in [3.8, 4) is 0 Å². The maximum Gasteiger partial charge on any atom is 0.253 e. The number of aliphatic hydroxyl groups excluding tert-OH is 1. The van der Waals surface area contributed by atoms with Crippen molar-refractivity contribution in [2.75, 3.05) is 13.1 Å². The molecule has 2 unspecified atom stereocenters. The number of nitrogens with two attached hydrogens (primary N) is 1. The summed E-state index contributed by atoms with van der Waals surface area (Å²) in [5, 5.41) is 21.1. The highest BCUT2D eigenvalue weighted by Crippen LogP contribution is 2.21. The predicted molar refractivity (Wildman–Crippen MR) is 74.6 cm³/mol. The molecule has 2 atom stereocenters. The van der Waals surface area contributed by atoms with Crippen molar-refractivity contribution in [1.82, 2.24) is 4.90 Å². The SMILES string of the molecule is CC(O)C1CCN(C(=O)c2ccc(/C(N)=N/O)cc2)C1. The van der Waals surface area contributed by atoms with Crippen LogP contribution in [0.2, 0.25) is 0 Å². The summed E-state index contributed by atoms with van der Waals surface area (Å²) in [6.07, 6.45) is 0.432. The van der Waals surface area contributed by atoms with Crippen LogP contribution in [-0.4, -0.2) is 46.1 Å². The Balaban J connectivity index is 2.07. The number of nitrogens with zero attached hydrogens (tertiary/aromatic N) is 2. The summed E-state index contributed by atoms with van der Waals surface area (Å²) in [5.41, 5.74) is 6.59. The summed E-state index contributed by atoms with van der Waals surface area (Å²) >= 11 is 0. The van der Waals surface area contributed by atoms with Crippen molar-refractivity contribution < 1.29 is 15.1 Å². The fraction of sp³-hybridized carbons (Fsp3) is 0.429. The third-order valence-corrected chi connectivity index (χ3v) is 3.73. The first-order chi connectivity index (χ1) is 9.52. The summed E-state index contributed by atoms with van der Waals surface area (Å²) in [5.74, 6) is 0.105. The molecule has 0 spiro atoms. The van der Waals surface area contributed by atoms with Crippen molar-refractivity contribution in [2.24, 2.45) is 16.8 Å². The summed E-state index contributed by atoms with van der Waals surface area (Å²) in [7, 11) is 0. The Bertz CT molecular complexity index is 511. The minimum Gasteiger partial charge on any atom is -0.409 e. The number of carbonyl (C=O) groups excluding carboxylic acids is 1. The maximum absolute atomic E-state index is 12.3. The van der Waals surface area contributed by atoms with Gasteiger partial charge in [0.15, 0.2) is 5.84 Å². The molecule has 1 amide bonds. The lowest BCUT2D eigenvalue weighted by atomic mass is 10.0. The maximum atomic E-state index is 12.3. The smallest absolute Gasteiger partial charge is 0.253 e. The number of benzene rings is 1. The van der Waals surface area contributed by atoms with Crippen molar-refractivity contribution in [3.63, 3.8) is 0 Å². The molecule has 1 saturated heterocycles. The third kappa shape index (κ3) is 2.91. The Morgan fingerprint density at radius 2 is 2.00 bits per heavy atom. The Morgan fingerprint density at radius 3 is 2.50 bits per heavy atom. The van der Waals surface area contributed by atoms with Crippen LogP contribution < -0.4 is 5.73 Å². The van der Waals surface area contributed by atoms with E-state index in [1.165, 1.54) is 0 Å². The lowest BCUT2D eigenvalue weighted by molar-refractivity contribution is 0.0762. The van der Waals surface area contributed by atoms with E-state index < -0.39 is 6.10 Å². The van der Waals surface area contributed by atoms with Crippen LogP contribution in [-0.2, 0) is 0 Å². The highest BCUT2D eigenvalue weighted by Gasteiger charge is 2.29. The molecule has 0 aromatic heterocycles. The molecule has 6 heteroatoms. The molecule has 2 rings (SSSR count). The topological polar surface area (TPSA) is 99.2 Å². The third-order valence-electron chi connectivity index (χ3n) is 3.73. The van der Waals surface area contributed by atoms with Gasteiger partial charge in [0.05, 0.1) is 6.10 Å². The van der Waals surface area contributed by atoms with Gasteiger partial charge in [0.25, 0.3) is 5.91 Å². The summed E-state index contributed by atoms with van der Waals surface area (Å²) < 4.78 is 0. The van der Waals surface area contributed by atoms with Gasteiger partial charge in [-0.2, -0.15) is 0 Å². The van der Waals surface area contributed by atoms with Crippen LogP contribution >= 0.6 is 0 Å². The second-order valence-corrected chi connectivity index (χ2v) is 5.10. The zero-order valence-corrected chi connectivity index (χ0v) is 11.4. The molecule has 0 bridgehead atoms. The van der Waals surface area contributed by atoms with Crippen LogP contribution in [0.25, 0.3) is 0 Å². The van der Waals surface area contributed by atoms with Crippen LogP contribution in [0, 0.1) is 5.92 Å². The van der Waals surface area contributed by atoms with Crippen molar-refractivity contribution in [3.05, 3.63) is 35.4 Å². The van der Waals surface area contributed by atoms with E-state index in [9.17, 15) is 9.90 Å². The first kappa shape index (κ1) is 14.3. The number of amides is 1. The fourth-order valence-electron chi connectivity index (χ4n) is 2.39. The number of amidine groups is 1. The van der Waals surface area contributed by atoms with Gasteiger partial charge in [0, 0.05) is 30.1 Å². The Kier molecular flexibility index (Phi) is 4.24. The minimum atomic E-state index is -0.393. The number of oxime groups is 1.